The third-order valence-electron chi connectivity index (χ3n) is 3.29. The van der Waals surface area contributed by atoms with Crippen LogP contribution < -0.4 is 0 Å². The number of unbranched alkanes of at least 4 members (excludes halogenated alkanes) is 7. The summed E-state index contributed by atoms with van der Waals surface area (Å²) in [7, 11) is 0. The first-order valence-corrected chi connectivity index (χ1v) is 10.4. The molecule has 0 saturated carbocycles. The quantitative estimate of drug-likeness (QED) is 0.452. The van der Waals surface area contributed by atoms with Crippen molar-refractivity contribution in [3.05, 3.63) is 0 Å². The van der Waals surface area contributed by atoms with Gasteiger partial charge in [-0.2, -0.15) is 0 Å². The minimum atomic E-state index is 0.828. The molecule has 0 bridgehead atoms. The summed E-state index contributed by atoms with van der Waals surface area (Å²) in [6, 6.07) is 0. The predicted molar refractivity (Wildman–Crippen MR) is 88.4 cm³/mol. The summed E-state index contributed by atoms with van der Waals surface area (Å²) in [6.45, 7) is 2.29. The van der Waals surface area contributed by atoms with Gasteiger partial charge in [-0.1, -0.05) is 58.3 Å². The van der Waals surface area contributed by atoms with E-state index in [2.05, 4.69) is 36.7 Å². The average Bonchev–Trinajstić information content (AvgIpc) is 2.80. The summed E-state index contributed by atoms with van der Waals surface area (Å²) in [4.78, 5) is 0. The maximum absolute atomic E-state index is 2.29. The van der Waals surface area contributed by atoms with Gasteiger partial charge in [0.25, 0.3) is 0 Å². The van der Waals surface area contributed by atoms with Crippen LogP contribution in [-0.4, -0.2) is 21.2 Å². The Morgan fingerprint density at radius 1 is 1.00 bits per heavy atom. The van der Waals surface area contributed by atoms with Gasteiger partial charge in [0.05, 0.1) is 3.91 Å². The molecule has 3 heteroatoms. The first-order chi connectivity index (χ1) is 8.36. The van der Waals surface area contributed by atoms with Crippen LogP contribution in [0.4, 0.5) is 0 Å². The Morgan fingerprint density at radius 3 is 2.24 bits per heavy atom. The number of hydrogen-bond acceptors (Lipinski definition) is 3. The molecule has 0 radical (unpaired) electrons. The number of rotatable bonds is 10. The minimum Gasteiger partial charge on any atom is -0.140 e. The van der Waals surface area contributed by atoms with Gasteiger partial charge in [-0.15, -0.1) is 35.3 Å². The summed E-state index contributed by atoms with van der Waals surface area (Å²) >= 11 is 6.38. The molecule has 102 valence electrons. The van der Waals surface area contributed by atoms with E-state index in [0.717, 1.165) is 9.16 Å². The van der Waals surface area contributed by atoms with Crippen LogP contribution in [0.2, 0.25) is 0 Å². The summed E-state index contributed by atoms with van der Waals surface area (Å²) < 4.78 is 0.828. The van der Waals surface area contributed by atoms with E-state index in [9.17, 15) is 0 Å². The van der Waals surface area contributed by atoms with Crippen LogP contribution >= 0.6 is 35.3 Å². The van der Waals surface area contributed by atoms with Gasteiger partial charge in [0.1, 0.15) is 0 Å². The van der Waals surface area contributed by atoms with Crippen molar-refractivity contribution < 1.29 is 0 Å². The zero-order valence-electron chi connectivity index (χ0n) is 11.5. The molecule has 1 heterocycles. The molecule has 0 aromatic carbocycles. The summed E-state index contributed by atoms with van der Waals surface area (Å²) in [5, 5.41) is 0.956. The van der Waals surface area contributed by atoms with Crippen LogP contribution in [0.3, 0.4) is 0 Å². The van der Waals surface area contributed by atoms with E-state index in [1.165, 1.54) is 63.5 Å². The molecule has 0 aliphatic carbocycles. The molecule has 17 heavy (non-hydrogen) atoms. The Balaban J connectivity index is 1.81. The first-order valence-electron chi connectivity index (χ1n) is 7.16. The van der Waals surface area contributed by atoms with Gasteiger partial charge in [-0.05, 0) is 12.7 Å². The highest BCUT2D eigenvalue weighted by molar-refractivity contribution is 8.34. The van der Waals surface area contributed by atoms with Crippen molar-refractivity contribution in [2.45, 2.75) is 73.9 Å². The lowest BCUT2D eigenvalue weighted by molar-refractivity contribution is 0.565. The van der Waals surface area contributed by atoms with Crippen LogP contribution in [0.1, 0.15) is 64.7 Å². The van der Waals surface area contributed by atoms with Crippen molar-refractivity contribution in [2.75, 3.05) is 12.0 Å². The van der Waals surface area contributed by atoms with E-state index in [1.54, 1.807) is 0 Å². The normalized spacial score (nSPS) is 24.4. The van der Waals surface area contributed by atoms with Crippen molar-refractivity contribution >= 4 is 35.3 Å². The predicted octanol–water partition coefficient (Wildman–Crippen LogP) is 6.01. The summed E-state index contributed by atoms with van der Waals surface area (Å²) in [6.07, 6.45) is 15.3. The van der Waals surface area contributed by atoms with E-state index in [-0.39, 0.29) is 0 Å². The fourth-order valence-corrected chi connectivity index (χ4v) is 6.63. The highest BCUT2D eigenvalue weighted by Gasteiger charge is 2.24. The van der Waals surface area contributed by atoms with Crippen LogP contribution in [0.5, 0.6) is 0 Å². The van der Waals surface area contributed by atoms with Crippen LogP contribution in [0, 0.1) is 0 Å². The molecule has 0 nitrogen and oxygen atoms in total. The van der Waals surface area contributed by atoms with Gasteiger partial charge in [0.15, 0.2) is 0 Å². The van der Waals surface area contributed by atoms with Gasteiger partial charge in [-0.25, -0.2) is 0 Å². The monoisotopic (exact) mass is 292 g/mol. The number of thioether (sulfide) groups is 3. The van der Waals surface area contributed by atoms with Gasteiger partial charge in [0.2, 0.25) is 0 Å². The first kappa shape index (κ1) is 16.1. The van der Waals surface area contributed by atoms with Crippen molar-refractivity contribution in [1.82, 2.24) is 0 Å². The Kier molecular flexibility index (Phi) is 10.4. The zero-order valence-corrected chi connectivity index (χ0v) is 13.9. The SMILES string of the molecule is CCCCCCCCCCC1CSC(SC)S1. The molecule has 2 atom stereocenters. The maximum Gasteiger partial charge on any atom is 0.0956 e. The van der Waals surface area contributed by atoms with E-state index < -0.39 is 0 Å². The Labute approximate surface area is 121 Å². The molecule has 1 saturated heterocycles. The van der Waals surface area contributed by atoms with Crippen molar-refractivity contribution in [3.8, 4) is 0 Å². The Bertz CT molecular complexity index is 173. The van der Waals surface area contributed by atoms with Crippen molar-refractivity contribution in [1.29, 1.82) is 0 Å². The largest absolute Gasteiger partial charge is 0.140 e. The second-order valence-corrected chi connectivity index (χ2v) is 9.27. The van der Waals surface area contributed by atoms with Crippen molar-refractivity contribution in [2.24, 2.45) is 0 Å². The highest BCUT2D eigenvalue weighted by Crippen LogP contribution is 2.44. The third kappa shape index (κ3) is 7.94. The Morgan fingerprint density at radius 2 is 1.65 bits per heavy atom. The molecule has 1 fully saturated rings. The molecule has 1 rings (SSSR count). The smallest absolute Gasteiger partial charge is 0.0956 e. The van der Waals surface area contributed by atoms with Gasteiger partial charge >= 0.3 is 0 Å². The van der Waals surface area contributed by atoms with E-state index in [1.807, 2.05) is 11.8 Å². The molecule has 0 amide bonds. The Hall–Kier alpha value is 1.05. The standard InChI is InChI=1S/C14H28S3/c1-3-4-5-6-7-8-9-10-11-13-12-16-14(15-2)17-13/h13-14H,3-12H2,1-2H3. The lowest BCUT2D eigenvalue weighted by atomic mass is 10.1. The fraction of sp³-hybridized carbons (Fsp3) is 1.00. The van der Waals surface area contributed by atoms with Crippen LogP contribution in [0.15, 0.2) is 0 Å². The van der Waals surface area contributed by atoms with Crippen LogP contribution in [-0.2, 0) is 0 Å². The minimum absolute atomic E-state index is 0.828. The van der Waals surface area contributed by atoms with E-state index in [4.69, 9.17) is 0 Å². The molecule has 1 aliphatic rings. The van der Waals surface area contributed by atoms with Crippen LogP contribution in [0.25, 0.3) is 0 Å². The van der Waals surface area contributed by atoms with Gasteiger partial charge < -0.3 is 0 Å². The second kappa shape index (κ2) is 10.9. The van der Waals surface area contributed by atoms with Crippen molar-refractivity contribution in [3.63, 3.8) is 0 Å². The average molecular weight is 293 g/mol. The fourth-order valence-electron chi connectivity index (χ4n) is 2.20. The van der Waals surface area contributed by atoms with E-state index >= 15 is 0 Å². The molecule has 1 aliphatic heterocycles. The molecule has 0 aromatic rings. The lowest BCUT2D eigenvalue weighted by Gasteiger charge is -2.08. The molecule has 0 spiro atoms. The summed E-state index contributed by atoms with van der Waals surface area (Å²) in [5.41, 5.74) is 0. The molecular formula is C14H28S3. The second-order valence-electron chi connectivity index (χ2n) is 4.88. The zero-order chi connectivity index (χ0) is 12.3. The lowest BCUT2D eigenvalue weighted by Crippen LogP contribution is -2.00. The highest BCUT2D eigenvalue weighted by atomic mass is 32.3. The molecule has 0 aromatic heterocycles. The third-order valence-corrected chi connectivity index (χ3v) is 8.40. The van der Waals surface area contributed by atoms with Gasteiger partial charge in [-0.3, -0.25) is 0 Å². The molecular weight excluding hydrogens is 264 g/mol. The maximum atomic E-state index is 2.29. The molecule has 2 unspecified atom stereocenters. The molecule has 0 N–H and O–H groups in total. The van der Waals surface area contributed by atoms with E-state index in [0.29, 0.717) is 0 Å². The number of hydrogen-bond donors (Lipinski definition) is 0. The van der Waals surface area contributed by atoms with Gasteiger partial charge in [0, 0.05) is 11.0 Å². The summed E-state index contributed by atoms with van der Waals surface area (Å²) in [5.74, 6) is 1.40. The topological polar surface area (TPSA) is 0 Å².